The summed E-state index contributed by atoms with van der Waals surface area (Å²) in [6, 6.07) is 5.92. The van der Waals surface area contributed by atoms with Crippen molar-refractivity contribution in [1.29, 1.82) is 0 Å². The van der Waals surface area contributed by atoms with Crippen LogP contribution < -0.4 is 15.4 Å². The van der Waals surface area contributed by atoms with Crippen LogP contribution in [0.25, 0.3) is 0 Å². The first-order chi connectivity index (χ1) is 9.11. The molecule has 0 radical (unpaired) electrons. The molecule has 0 aromatic carbocycles. The van der Waals surface area contributed by atoms with Crippen molar-refractivity contribution in [3.05, 3.63) is 35.9 Å². The van der Waals surface area contributed by atoms with Gasteiger partial charge in [0, 0.05) is 12.7 Å². The van der Waals surface area contributed by atoms with E-state index in [1.54, 1.807) is 7.11 Å². The summed E-state index contributed by atoms with van der Waals surface area (Å²) in [5, 5.41) is 0. The number of nitrogens with two attached hydrogens (primary N) is 1. The number of ether oxygens (including phenoxy) is 1. The summed E-state index contributed by atoms with van der Waals surface area (Å²) in [5.41, 5.74) is 7.71. The van der Waals surface area contributed by atoms with Crippen LogP contribution in [0, 0.1) is 6.92 Å². The van der Waals surface area contributed by atoms with Crippen LogP contribution >= 0.6 is 0 Å². The van der Waals surface area contributed by atoms with Crippen molar-refractivity contribution in [2.24, 2.45) is 0 Å². The van der Waals surface area contributed by atoms with E-state index in [1.807, 2.05) is 37.1 Å². The summed E-state index contributed by atoms with van der Waals surface area (Å²) < 4.78 is 5.25. The van der Waals surface area contributed by atoms with Crippen LogP contribution in [0.5, 0.6) is 5.75 Å². The Morgan fingerprint density at radius 3 is 2.79 bits per heavy atom. The normalized spacial score (nSPS) is 10.3. The predicted octanol–water partition coefficient (Wildman–Crippen LogP) is 1.41. The number of anilines is 2. The number of hydrogen-bond acceptors (Lipinski definition) is 6. The van der Waals surface area contributed by atoms with E-state index in [0.29, 0.717) is 23.9 Å². The van der Waals surface area contributed by atoms with Crippen LogP contribution in [0.1, 0.15) is 11.4 Å². The Labute approximate surface area is 112 Å². The van der Waals surface area contributed by atoms with Crippen molar-refractivity contribution in [2.45, 2.75) is 13.5 Å². The van der Waals surface area contributed by atoms with Crippen molar-refractivity contribution >= 4 is 11.6 Å². The lowest BCUT2D eigenvalue weighted by Gasteiger charge is -2.20. The van der Waals surface area contributed by atoms with Crippen LogP contribution in [0.3, 0.4) is 0 Å². The average Bonchev–Trinajstić information content (AvgIpc) is 2.38. The zero-order valence-electron chi connectivity index (χ0n) is 11.3. The third kappa shape index (κ3) is 2.90. The van der Waals surface area contributed by atoms with Gasteiger partial charge >= 0.3 is 0 Å². The second-order valence-electron chi connectivity index (χ2n) is 4.24. The van der Waals surface area contributed by atoms with Crippen LogP contribution in [0.2, 0.25) is 0 Å². The molecule has 19 heavy (non-hydrogen) atoms. The molecular formula is C13H17N5O. The Balaban J connectivity index is 2.25. The molecule has 2 heterocycles. The Morgan fingerprint density at radius 1 is 1.32 bits per heavy atom. The fourth-order valence-electron chi connectivity index (χ4n) is 1.85. The van der Waals surface area contributed by atoms with E-state index < -0.39 is 0 Å². The second kappa shape index (κ2) is 5.51. The molecule has 2 rings (SSSR count). The van der Waals surface area contributed by atoms with Crippen molar-refractivity contribution in [1.82, 2.24) is 15.0 Å². The molecular weight excluding hydrogens is 242 g/mol. The van der Waals surface area contributed by atoms with E-state index in [4.69, 9.17) is 10.5 Å². The van der Waals surface area contributed by atoms with E-state index in [-0.39, 0.29) is 0 Å². The summed E-state index contributed by atoms with van der Waals surface area (Å²) in [7, 11) is 3.46. The molecule has 0 fully saturated rings. The topological polar surface area (TPSA) is 77.2 Å². The number of methoxy groups -OCH3 is 1. The lowest BCUT2D eigenvalue weighted by Crippen LogP contribution is -2.20. The monoisotopic (exact) mass is 259 g/mol. The minimum atomic E-state index is 0.330. The lowest BCUT2D eigenvalue weighted by molar-refractivity contribution is 0.413. The van der Waals surface area contributed by atoms with Crippen molar-refractivity contribution < 1.29 is 4.74 Å². The van der Waals surface area contributed by atoms with Gasteiger partial charge in [0.15, 0.2) is 11.6 Å². The van der Waals surface area contributed by atoms with E-state index in [9.17, 15) is 0 Å². The summed E-state index contributed by atoms with van der Waals surface area (Å²) in [6.45, 7) is 2.58. The number of aromatic nitrogens is 3. The molecule has 6 nitrogen and oxygen atoms in total. The number of rotatable bonds is 4. The van der Waals surface area contributed by atoms with Gasteiger partial charge in [0.1, 0.15) is 6.33 Å². The molecule has 0 unspecified atom stereocenters. The second-order valence-corrected chi connectivity index (χ2v) is 4.24. The van der Waals surface area contributed by atoms with Gasteiger partial charge in [-0.2, -0.15) is 0 Å². The van der Waals surface area contributed by atoms with Crippen LogP contribution in [-0.4, -0.2) is 29.1 Å². The van der Waals surface area contributed by atoms with Gasteiger partial charge in [-0.05, 0) is 19.1 Å². The molecule has 0 amide bonds. The average molecular weight is 259 g/mol. The number of pyridine rings is 1. The van der Waals surface area contributed by atoms with E-state index in [0.717, 1.165) is 11.4 Å². The smallest absolute Gasteiger partial charge is 0.204 e. The van der Waals surface area contributed by atoms with Gasteiger partial charge in [0.05, 0.1) is 19.3 Å². The highest BCUT2D eigenvalue weighted by Crippen LogP contribution is 2.29. The molecule has 0 spiro atoms. The Bertz CT molecular complexity index is 573. The fourth-order valence-corrected chi connectivity index (χ4v) is 1.85. The molecule has 0 aliphatic rings. The molecule has 0 saturated heterocycles. The van der Waals surface area contributed by atoms with Crippen molar-refractivity contribution in [3.63, 3.8) is 0 Å². The standard InChI is InChI=1S/C13H17N5O/c1-9-5-4-6-10(17-9)7-18(2)13-11(19-3)12(14)15-8-16-13/h4-6,8H,7H2,1-3H3,(H2,14,15,16). The predicted molar refractivity (Wildman–Crippen MR) is 74.1 cm³/mol. The molecule has 0 saturated carbocycles. The molecule has 0 bridgehead atoms. The summed E-state index contributed by atoms with van der Waals surface area (Å²) in [5.74, 6) is 1.47. The first-order valence-corrected chi connectivity index (χ1v) is 5.90. The first-order valence-electron chi connectivity index (χ1n) is 5.90. The SMILES string of the molecule is COc1c(N)ncnc1N(C)Cc1cccc(C)n1. The highest BCUT2D eigenvalue weighted by molar-refractivity contribution is 5.62. The fraction of sp³-hybridized carbons (Fsp3) is 0.308. The maximum Gasteiger partial charge on any atom is 0.204 e. The van der Waals surface area contributed by atoms with Gasteiger partial charge in [-0.25, -0.2) is 9.97 Å². The largest absolute Gasteiger partial charge is 0.490 e. The van der Waals surface area contributed by atoms with Crippen LogP contribution in [0.15, 0.2) is 24.5 Å². The van der Waals surface area contributed by atoms with Crippen molar-refractivity contribution in [2.75, 3.05) is 24.8 Å². The number of aryl methyl sites for hydroxylation is 1. The summed E-state index contributed by atoms with van der Waals surface area (Å²) >= 11 is 0. The third-order valence-corrected chi connectivity index (χ3v) is 2.72. The molecule has 0 aliphatic heterocycles. The molecule has 0 atom stereocenters. The van der Waals surface area contributed by atoms with Crippen molar-refractivity contribution in [3.8, 4) is 5.75 Å². The lowest BCUT2D eigenvalue weighted by atomic mass is 10.3. The maximum atomic E-state index is 5.77. The zero-order valence-corrected chi connectivity index (χ0v) is 11.3. The molecule has 2 aromatic heterocycles. The highest BCUT2D eigenvalue weighted by Gasteiger charge is 2.14. The minimum absolute atomic E-state index is 0.330. The van der Waals surface area contributed by atoms with Gasteiger partial charge in [-0.1, -0.05) is 6.07 Å². The molecule has 2 N–H and O–H groups in total. The van der Waals surface area contributed by atoms with Gasteiger partial charge < -0.3 is 15.4 Å². The van der Waals surface area contributed by atoms with Gasteiger partial charge in [0.2, 0.25) is 5.75 Å². The molecule has 0 aliphatic carbocycles. The number of nitrogen functional groups attached to an aromatic ring is 1. The highest BCUT2D eigenvalue weighted by atomic mass is 16.5. The quantitative estimate of drug-likeness (QED) is 0.894. The van der Waals surface area contributed by atoms with E-state index in [1.165, 1.54) is 6.33 Å². The van der Waals surface area contributed by atoms with Gasteiger partial charge in [-0.15, -0.1) is 0 Å². The molecule has 6 heteroatoms. The van der Waals surface area contributed by atoms with E-state index >= 15 is 0 Å². The van der Waals surface area contributed by atoms with Crippen LogP contribution in [-0.2, 0) is 6.54 Å². The third-order valence-electron chi connectivity index (χ3n) is 2.72. The number of hydrogen-bond donors (Lipinski definition) is 1. The Morgan fingerprint density at radius 2 is 2.11 bits per heavy atom. The summed E-state index contributed by atoms with van der Waals surface area (Å²) in [6.07, 6.45) is 1.42. The minimum Gasteiger partial charge on any atom is -0.490 e. The Kier molecular flexibility index (Phi) is 3.79. The van der Waals surface area contributed by atoms with Gasteiger partial charge in [-0.3, -0.25) is 4.98 Å². The zero-order chi connectivity index (χ0) is 13.8. The van der Waals surface area contributed by atoms with E-state index in [2.05, 4.69) is 15.0 Å². The Hall–Kier alpha value is -2.37. The van der Waals surface area contributed by atoms with Crippen LogP contribution in [0.4, 0.5) is 11.6 Å². The maximum absolute atomic E-state index is 5.77. The molecule has 100 valence electrons. The van der Waals surface area contributed by atoms with Gasteiger partial charge in [0.25, 0.3) is 0 Å². The first kappa shape index (κ1) is 13.1. The molecule has 2 aromatic rings. The summed E-state index contributed by atoms with van der Waals surface area (Å²) in [4.78, 5) is 14.5. The number of nitrogens with zero attached hydrogens (tertiary/aromatic N) is 4.